The minimum Gasteiger partial charge on any atom is -0.355 e. The Balaban J connectivity index is 1.81. The Morgan fingerprint density at radius 2 is 1.55 bits per heavy atom. The van der Waals surface area contributed by atoms with Crippen LogP contribution in [-0.4, -0.2) is 44.3 Å². The zero-order chi connectivity index (χ0) is 31.9. The molecule has 0 aliphatic carbocycles. The maximum atomic E-state index is 14.4. The van der Waals surface area contributed by atoms with Gasteiger partial charge in [-0.2, -0.15) is 0 Å². The second-order valence-corrected chi connectivity index (χ2v) is 12.8. The molecule has 0 aromatic heterocycles. The van der Waals surface area contributed by atoms with Crippen LogP contribution >= 0.6 is 11.6 Å². The molecule has 0 bridgehead atoms. The number of nitrogens with one attached hydrogen (secondary N) is 1. The Kier molecular flexibility index (Phi) is 10.8. The molecule has 4 aromatic carbocycles. The molecular formula is C34H35ClFN3O4S. The van der Waals surface area contributed by atoms with Gasteiger partial charge in [-0.1, -0.05) is 71.8 Å². The molecule has 44 heavy (non-hydrogen) atoms. The summed E-state index contributed by atoms with van der Waals surface area (Å²) in [6.45, 7) is 5.04. The van der Waals surface area contributed by atoms with Crippen molar-refractivity contribution in [2.24, 2.45) is 0 Å². The summed E-state index contributed by atoms with van der Waals surface area (Å²) in [5.41, 5.74) is 3.11. The molecule has 1 atom stereocenters. The highest BCUT2D eigenvalue weighted by Crippen LogP contribution is 2.30. The van der Waals surface area contributed by atoms with E-state index >= 15 is 0 Å². The molecule has 0 aliphatic rings. The highest BCUT2D eigenvalue weighted by Gasteiger charge is 2.35. The average Bonchev–Trinajstić information content (AvgIpc) is 2.99. The van der Waals surface area contributed by atoms with Gasteiger partial charge in [-0.15, -0.1) is 0 Å². The summed E-state index contributed by atoms with van der Waals surface area (Å²) in [5.74, 6) is -1.43. The summed E-state index contributed by atoms with van der Waals surface area (Å²) in [6, 6.07) is 25.0. The fourth-order valence-electron chi connectivity index (χ4n) is 4.88. The Morgan fingerprint density at radius 3 is 2.16 bits per heavy atom. The molecule has 0 unspecified atom stereocenters. The van der Waals surface area contributed by atoms with E-state index in [1.165, 1.54) is 41.3 Å². The molecule has 7 nitrogen and oxygen atoms in total. The summed E-state index contributed by atoms with van der Waals surface area (Å²) >= 11 is 6.20. The number of nitrogens with zero attached hydrogens (tertiary/aromatic N) is 2. The second-order valence-electron chi connectivity index (χ2n) is 10.5. The first-order chi connectivity index (χ1) is 21.0. The van der Waals surface area contributed by atoms with Gasteiger partial charge in [0.2, 0.25) is 11.8 Å². The van der Waals surface area contributed by atoms with Gasteiger partial charge in [0, 0.05) is 24.5 Å². The molecule has 10 heteroatoms. The minimum atomic E-state index is -4.24. The number of halogens is 2. The third-order valence-electron chi connectivity index (χ3n) is 7.20. The van der Waals surface area contributed by atoms with E-state index in [4.69, 9.17) is 11.6 Å². The van der Waals surface area contributed by atoms with Gasteiger partial charge in [-0.05, 0) is 79.9 Å². The smallest absolute Gasteiger partial charge is 0.264 e. The number of likely N-dealkylation sites (N-methyl/N-ethyl adjacent to an activating group) is 1. The molecule has 0 fully saturated rings. The van der Waals surface area contributed by atoms with E-state index in [2.05, 4.69) is 5.32 Å². The quantitative estimate of drug-likeness (QED) is 0.205. The lowest BCUT2D eigenvalue weighted by Gasteiger charge is -2.34. The number of carbonyl (C=O) groups excluding carboxylic acids is 2. The van der Waals surface area contributed by atoms with Crippen LogP contribution in [0.4, 0.5) is 10.1 Å². The van der Waals surface area contributed by atoms with Crippen LogP contribution in [0.3, 0.4) is 0 Å². The summed E-state index contributed by atoms with van der Waals surface area (Å²) in [5, 5.41) is 3.24. The molecule has 2 amide bonds. The van der Waals surface area contributed by atoms with E-state index in [-0.39, 0.29) is 29.5 Å². The van der Waals surface area contributed by atoms with Gasteiger partial charge in [0.25, 0.3) is 10.0 Å². The van der Waals surface area contributed by atoms with E-state index in [9.17, 15) is 22.4 Å². The number of hydrogen-bond donors (Lipinski definition) is 1. The molecule has 0 heterocycles. The van der Waals surface area contributed by atoms with E-state index in [1.54, 1.807) is 44.2 Å². The van der Waals surface area contributed by atoms with Crippen molar-refractivity contribution in [3.05, 3.63) is 130 Å². The van der Waals surface area contributed by atoms with E-state index in [0.29, 0.717) is 22.7 Å². The van der Waals surface area contributed by atoms with E-state index in [1.807, 2.05) is 37.3 Å². The van der Waals surface area contributed by atoms with Crippen molar-refractivity contribution in [3.63, 3.8) is 0 Å². The van der Waals surface area contributed by atoms with Gasteiger partial charge in [0.15, 0.2) is 0 Å². The Labute approximate surface area is 263 Å². The summed E-state index contributed by atoms with van der Waals surface area (Å²) in [4.78, 5) is 29.3. The van der Waals surface area contributed by atoms with Gasteiger partial charge in [0.1, 0.15) is 18.4 Å². The monoisotopic (exact) mass is 635 g/mol. The van der Waals surface area contributed by atoms with Crippen molar-refractivity contribution in [2.45, 2.75) is 44.7 Å². The zero-order valence-electron chi connectivity index (χ0n) is 24.8. The van der Waals surface area contributed by atoms with Crippen LogP contribution in [-0.2, 0) is 32.6 Å². The van der Waals surface area contributed by atoms with Gasteiger partial charge in [-0.25, -0.2) is 12.8 Å². The number of carbonyl (C=O) groups is 2. The van der Waals surface area contributed by atoms with Gasteiger partial charge < -0.3 is 10.2 Å². The van der Waals surface area contributed by atoms with Crippen LogP contribution in [0, 0.1) is 19.7 Å². The molecule has 0 radical (unpaired) electrons. The number of rotatable bonds is 12. The van der Waals surface area contributed by atoms with Gasteiger partial charge >= 0.3 is 0 Å². The lowest BCUT2D eigenvalue weighted by atomic mass is 10.0. The maximum absolute atomic E-state index is 14.4. The third-order valence-corrected chi connectivity index (χ3v) is 9.21. The first-order valence-electron chi connectivity index (χ1n) is 14.2. The first-order valence-corrected chi connectivity index (χ1v) is 16.0. The highest BCUT2D eigenvalue weighted by molar-refractivity contribution is 7.92. The van der Waals surface area contributed by atoms with Crippen molar-refractivity contribution in [1.29, 1.82) is 0 Å². The number of amides is 2. The van der Waals surface area contributed by atoms with Crippen LogP contribution < -0.4 is 9.62 Å². The van der Waals surface area contributed by atoms with Crippen LogP contribution in [0.1, 0.15) is 29.2 Å². The van der Waals surface area contributed by atoms with Gasteiger partial charge in [-0.3, -0.25) is 13.9 Å². The molecular weight excluding hydrogens is 601 g/mol. The average molecular weight is 636 g/mol. The molecule has 230 valence electrons. The van der Waals surface area contributed by atoms with Crippen molar-refractivity contribution in [2.75, 3.05) is 17.4 Å². The summed E-state index contributed by atoms with van der Waals surface area (Å²) < 4.78 is 43.1. The predicted octanol–water partition coefficient (Wildman–Crippen LogP) is 6.07. The zero-order valence-corrected chi connectivity index (χ0v) is 26.4. The van der Waals surface area contributed by atoms with E-state index < -0.39 is 34.3 Å². The minimum absolute atomic E-state index is 0.0138. The lowest BCUT2D eigenvalue weighted by Crippen LogP contribution is -2.53. The standard InChI is InChI=1S/C34H35ClFN3O4S/c1-4-37-34(41)32(21-26-8-6-5-7-9-26)38(22-27-12-15-29(36)16-13-27)33(40)23-39(31-19-14-28(35)20-25(31)3)44(42,43)30-17-10-24(2)11-18-30/h5-20,32H,4,21-23H2,1-3H3,(H,37,41)/t32-/m1/s1. The molecule has 4 aromatic rings. The Bertz CT molecular complexity index is 1700. The van der Waals surface area contributed by atoms with Crippen molar-refractivity contribution < 1.29 is 22.4 Å². The second kappa shape index (κ2) is 14.5. The largest absolute Gasteiger partial charge is 0.355 e. The molecule has 0 saturated heterocycles. The summed E-state index contributed by atoms with van der Waals surface area (Å²) in [7, 11) is -4.24. The number of aryl methyl sites for hydroxylation is 2. The molecule has 1 N–H and O–H groups in total. The first kappa shape index (κ1) is 32.7. The number of hydrogen-bond acceptors (Lipinski definition) is 4. The lowest BCUT2D eigenvalue weighted by molar-refractivity contribution is -0.140. The molecule has 0 saturated carbocycles. The Morgan fingerprint density at radius 1 is 0.886 bits per heavy atom. The Hall–Kier alpha value is -4.21. The molecule has 0 aliphatic heterocycles. The normalized spacial score (nSPS) is 11.9. The van der Waals surface area contributed by atoms with Crippen LogP contribution in [0.2, 0.25) is 5.02 Å². The third kappa shape index (κ3) is 8.03. The van der Waals surface area contributed by atoms with Crippen LogP contribution in [0.15, 0.2) is 102 Å². The number of benzene rings is 4. The number of anilines is 1. The van der Waals surface area contributed by atoms with Crippen molar-refractivity contribution >= 4 is 39.1 Å². The fraction of sp³-hybridized carbons (Fsp3) is 0.235. The highest BCUT2D eigenvalue weighted by atomic mass is 35.5. The van der Waals surface area contributed by atoms with Crippen LogP contribution in [0.25, 0.3) is 0 Å². The number of sulfonamides is 1. The van der Waals surface area contributed by atoms with Crippen molar-refractivity contribution in [3.8, 4) is 0 Å². The predicted molar refractivity (Wildman–Crippen MR) is 171 cm³/mol. The maximum Gasteiger partial charge on any atom is 0.264 e. The molecule has 4 rings (SSSR count). The van der Waals surface area contributed by atoms with E-state index in [0.717, 1.165) is 15.4 Å². The fourth-order valence-corrected chi connectivity index (χ4v) is 6.59. The molecule has 0 spiro atoms. The van der Waals surface area contributed by atoms with Crippen LogP contribution in [0.5, 0.6) is 0 Å². The topological polar surface area (TPSA) is 86.8 Å². The summed E-state index contributed by atoms with van der Waals surface area (Å²) in [6.07, 6.45) is 0.185. The SMILES string of the molecule is CCNC(=O)[C@@H](Cc1ccccc1)N(Cc1ccc(F)cc1)C(=O)CN(c1ccc(Cl)cc1C)S(=O)(=O)c1ccc(C)cc1. The van der Waals surface area contributed by atoms with Crippen molar-refractivity contribution in [1.82, 2.24) is 10.2 Å². The van der Waals surface area contributed by atoms with Gasteiger partial charge in [0.05, 0.1) is 10.6 Å².